The van der Waals surface area contributed by atoms with Gasteiger partial charge >= 0.3 is 0 Å². The Morgan fingerprint density at radius 1 is 1.05 bits per heavy atom. The summed E-state index contributed by atoms with van der Waals surface area (Å²) in [7, 11) is 1.87. The van der Waals surface area contributed by atoms with Crippen LogP contribution in [0, 0.1) is 22.7 Å². The zero-order chi connectivity index (χ0) is 25.8. The van der Waals surface area contributed by atoms with Crippen molar-refractivity contribution in [3.05, 3.63) is 107 Å². The Morgan fingerprint density at radius 3 is 2.57 bits per heavy atom. The lowest BCUT2D eigenvalue weighted by Crippen LogP contribution is -2.44. The molecule has 0 bridgehead atoms. The van der Waals surface area contributed by atoms with E-state index in [0.29, 0.717) is 31.6 Å². The lowest BCUT2D eigenvalue weighted by Gasteiger charge is -2.33. The third kappa shape index (κ3) is 4.86. The monoisotopic (exact) mass is 486 g/mol. The van der Waals surface area contributed by atoms with Crippen LogP contribution in [0.5, 0.6) is 0 Å². The summed E-state index contributed by atoms with van der Waals surface area (Å²) in [4.78, 5) is 20.0. The minimum Gasteiger partial charge on any atom is -0.336 e. The molecule has 0 aliphatic carbocycles. The van der Waals surface area contributed by atoms with E-state index in [1.54, 1.807) is 24.7 Å². The lowest BCUT2D eigenvalue weighted by atomic mass is 9.90. The summed E-state index contributed by atoms with van der Waals surface area (Å²) in [5.41, 5.74) is 4.95. The first-order valence-electron chi connectivity index (χ1n) is 12.2. The molecule has 0 saturated carbocycles. The van der Waals surface area contributed by atoms with Crippen LogP contribution in [0.15, 0.2) is 84.8 Å². The number of carbonyl (C=O) groups excluding carboxylic acids is 1. The number of hydrogen-bond donors (Lipinski definition) is 1. The quantitative estimate of drug-likeness (QED) is 0.433. The highest BCUT2D eigenvalue weighted by Crippen LogP contribution is 2.32. The number of aromatic nitrogens is 2. The molecule has 182 valence electrons. The molecule has 0 saturated heterocycles. The van der Waals surface area contributed by atoms with Crippen molar-refractivity contribution in [2.75, 3.05) is 13.1 Å². The van der Waals surface area contributed by atoms with E-state index in [9.17, 15) is 10.1 Å². The van der Waals surface area contributed by atoms with E-state index in [0.717, 1.165) is 38.7 Å². The first kappa shape index (κ1) is 24.0. The maximum absolute atomic E-state index is 14.0. The van der Waals surface area contributed by atoms with Gasteiger partial charge in [-0.2, -0.15) is 10.5 Å². The molecule has 7 heteroatoms. The molecule has 0 radical (unpaired) electrons. The Balaban J connectivity index is 1.44. The highest BCUT2D eigenvalue weighted by Gasteiger charge is 2.31. The van der Waals surface area contributed by atoms with Gasteiger partial charge in [0.15, 0.2) is 0 Å². The standard InChI is InChI=1S/C30H26N6O/c1-35-20-33-18-28(35)29(34-17-22-11-9-21(15-31)10-12-22)30(37)36-14-13-24(16-32)27(19-36)26-8-4-6-23-5-2-3-7-25(23)26/h2-12,18,20,29,34H,13-14,17,19H2,1H3. The fraction of sp³-hybridized carbons (Fsp3) is 0.200. The van der Waals surface area contributed by atoms with Crippen LogP contribution in [-0.4, -0.2) is 33.4 Å². The van der Waals surface area contributed by atoms with Gasteiger partial charge in [-0.25, -0.2) is 4.98 Å². The van der Waals surface area contributed by atoms with E-state index in [-0.39, 0.29) is 5.91 Å². The van der Waals surface area contributed by atoms with Crippen molar-refractivity contribution in [3.8, 4) is 12.1 Å². The van der Waals surface area contributed by atoms with Crippen molar-refractivity contribution in [1.29, 1.82) is 10.5 Å². The Kier molecular flexibility index (Phi) is 6.81. The number of carbonyl (C=O) groups is 1. The highest BCUT2D eigenvalue weighted by molar-refractivity contribution is 5.96. The predicted octanol–water partition coefficient (Wildman–Crippen LogP) is 4.49. The van der Waals surface area contributed by atoms with Crippen LogP contribution in [0.3, 0.4) is 0 Å². The molecule has 1 aromatic heterocycles. The number of aryl methyl sites for hydroxylation is 1. The van der Waals surface area contributed by atoms with Gasteiger partial charge < -0.3 is 9.47 Å². The molecular formula is C30H26N6O. The van der Waals surface area contributed by atoms with Gasteiger partial charge in [0.1, 0.15) is 6.04 Å². The second-order valence-corrected chi connectivity index (χ2v) is 9.16. The number of nitriles is 2. The van der Waals surface area contributed by atoms with Crippen molar-refractivity contribution >= 4 is 22.3 Å². The van der Waals surface area contributed by atoms with E-state index in [4.69, 9.17) is 5.26 Å². The van der Waals surface area contributed by atoms with Gasteiger partial charge in [-0.05, 0) is 39.6 Å². The largest absolute Gasteiger partial charge is 0.336 e. The number of hydrogen-bond acceptors (Lipinski definition) is 5. The van der Waals surface area contributed by atoms with E-state index in [2.05, 4.69) is 40.6 Å². The average molecular weight is 487 g/mol. The van der Waals surface area contributed by atoms with Crippen LogP contribution >= 0.6 is 0 Å². The van der Waals surface area contributed by atoms with E-state index < -0.39 is 6.04 Å². The zero-order valence-corrected chi connectivity index (χ0v) is 20.6. The first-order valence-corrected chi connectivity index (χ1v) is 12.2. The Bertz CT molecular complexity index is 1560. The van der Waals surface area contributed by atoms with E-state index >= 15 is 0 Å². The SMILES string of the molecule is Cn1cncc1C(NCc1ccc(C#N)cc1)C(=O)N1CCC(C#N)=C(c2cccc3ccccc23)C1. The molecular weight excluding hydrogens is 460 g/mol. The number of nitrogens with zero attached hydrogens (tertiary/aromatic N) is 5. The van der Waals surface area contributed by atoms with Crippen molar-refractivity contribution < 1.29 is 4.79 Å². The van der Waals surface area contributed by atoms with Crippen molar-refractivity contribution in [3.63, 3.8) is 0 Å². The van der Waals surface area contributed by atoms with Gasteiger partial charge in [-0.1, -0.05) is 54.6 Å². The summed E-state index contributed by atoms with van der Waals surface area (Å²) >= 11 is 0. The smallest absolute Gasteiger partial charge is 0.246 e. The lowest BCUT2D eigenvalue weighted by molar-refractivity contribution is -0.133. The van der Waals surface area contributed by atoms with Crippen LogP contribution in [0.4, 0.5) is 0 Å². The molecule has 0 fully saturated rings. The van der Waals surface area contributed by atoms with Gasteiger partial charge in [0.25, 0.3) is 0 Å². The van der Waals surface area contributed by atoms with Crippen LogP contribution in [0.1, 0.15) is 34.8 Å². The molecule has 0 spiro atoms. The Morgan fingerprint density at radius 2 is 1.84 bits per heavy atom. The fourth-order valence-electron chi connectivity index (χ4n) is 4.87. The summed E-state index contributed by atoms with van der Waals surface area (Å²) in [6.07, 6.45) is 3.90. The van der Waals surface area contributed by atoms with Crippen LogP contribution < -0.4 is 5.32 Å². The summed E-state index contributed by atoms with van der Waals surface area (Å²) in [5.74, 6) is -0.0630. The molecule has 37 heavy (non-hydrogen) atoms. The van der Waals surface area contributed by atoms with Crippen LogP contribution in [0.2, 0.25) is 0 Å². The highest BCUT2D eigenvalue weighted by atomic mass is 16.2. The molecule has 1 aliphatic rings. The minimum atomic E-state index is -0.611. The second-order valence-electron chi connectivity index (χ2n) is 9.16. The molecule has 1 atom stereocenters. The summed E-state index contributed by atoms with van der Waals surface area (Å²) in [6, 6.07) is 25.4. The molecule has 1 amide bonds. The Labute approximate surface area is 215 Å². The number of nitrogens with one attached hydrogen (secondary N) is 1. The topological polar surface area (TPSA) is 97.7 Å². The third-order valence-electron chi connectivity index (χ3n) is 6.90. The average Bonchev–Trinajstić information content (AvgIpc) is 3.38. The fourth-order valence-corrected chi connectivity index (χ4v) is 4.87. The van der Waals surface area contributed by atoms with Crippen LogP contribution in [-0.2, 0) is 18.4 Å². The van der Waals surface area contributed by atoms with Gasteiger partial charge in [0, 0.05) is 38.7 Å². The second kappa shape index (κ2) is 10.5. The summed E-state index contributed by atoms with van der Waals surface area (Å²) < 4.78 is 1.85. The van der Waals surface area contributed by atoms with Gasteiger partial charge in [-0.3, -0.25) is 10.1 Å². The Hall–Kier alpha value is -4.72. The first-order chi connectivity index (χ1) is 18.1. The number of rotatable bonds is 6. The van der Waals surface area contributed by atoms with Gasteiger partial charge in [0.2, 0.25) is 5.91 Å². The van der Waals surface area contributed by atoms with E-state index in [1.165, 1.54) is 0 Å². The zero-order valence-electron chi connectivity index (χ0n) is 20.6. The molecule has 7 nitrogen and oxygen atoms in total. The van der Waals surface area contributed by atoms with Crippen molar-refractivity contribution in [2.45, 2.75) is 19.0 Å². The number of benzene rings is 3. The molecule has 5 rings (SSSR count). The summed E-state index contributed by atoms with van der Waals surface area (Å²) in [6.45, 7) is 1.29. The number of fused-ring (bicyclic) bond motifs is 1. The molecule has 2 heterocycles. The summed E-state index contributed by atoms with van der Waals surface area (Å²) in [5, 5.41) is 24.6. The van der Waals surface area contributed by atoms with E-state index in [1.807, 2.05) is 52.9 Å². The van der Waals surface area contributed by atoms with Gasteiger partial charge in [-0.15, -0.1) is 0 Å². The van der Waals surface area contributed by atoms with Crippen molar-refractivity contribution in [2.24, 2.45) is 7.05 Å². The molecule has 1 unspecified atom stereocenters. The minimum absolute atomic E-state index is 0.0630. The maximum Gasteiger partial charge on any atom is 0.246 e. The van der Waals surface area contributed by atoms with Crippen molar-refractivity contribution in [1.82, 2.24) is 19.8 Å². The number of imidazole rings is 1. The molecule has 1 N–H and O–H groups in total. The molecule has 3 aromatic carbocycles. The normalized spacial score (nSPS) is 14.3. The molecule has 1 aliphatic heterocycles. The molecule has 4 aromatic rings. The van der Waals surface area contributed by atoms with Gasteiger partial charge in [0.05, 0.1) is 35.9 Å². The predicted molar refractivity (Wildman–Crippen MR) is 142 cm³/mol. The third-order valence-corrected chi connectivity index (χ3v) is 6.90. The number of amides is 1. The van der Waals surface area contributed by atoms with Crippen LogP contribution in [0.25, 0.3) is 16.3 Å². The maximum atomic E-state index is 14.0.